The first-order valence-electron chi connectivity index (χ1n) is 7.38. The van der Waals surface area contributed by atoms with Crippen molar-refractivity contribution in [1.82, 2.24) is 9.97 Å². The van der Waals surface area contributed by atoms with Crippen molar-refractivity contribution in [1.29, 1.82) is 0 Å². The Kier molecular flexibility index (Phi) is 6.38. The highest BCUT2D eigenvalue weighted by Gasteiger charge is 2.23. The third kappa shape index (κ3) is 4.12. The molecule has 0 aliphatic heterocycles. The second-order valence-corrected chi connectivity index (χ2v) is 4.71. The lowest BCUT2D eigenvalue weighted by Gasteiger charge is -2.12. The molecule has 0 amide bonds. The summed E-state index contributed by atoms with van der Waals surface area (Å²) in [6, 6.07) is 6.45. The molecule has 0 aliphatic carbocycles. The van der Waals surface area contributed by atoms with Crippen LogP contribution in [-0.2, 0) is 0 Å². The Morgan fingerprint density at radius 3 is 2.13 bits per heavy atom. The molecule has 1 aromatic carbocycles. The van der Waals surface area contributed by atoms with Crippen molar-refractivity contribution in [2.45, 2.75) is 33.6 Å². The molecule has 0 saturated heterocycles. The highest BCUT2D eigenvalue weighted by Crippen LogP contribution is 2.20. The van der Waals surface area contributed by atoms with E-state index < -0.39 is 17.2 Å². The Morgan fingerprint density at radius 1 is 1.04 bits per heavy atom. The number of nitrogens with one attached hydrogen (secondary N) is 2. The fraction of sp³-hybridized carbons (Fsp3) is 0.294. The fourth-order valence-electron chi connectivity index (χ4n) is 2.12. The first-order valence-corrected chi connectivity index (χ1v) is 7.38. The number of H-pyrrole nitrogens is 2. The smallest absolute Gasteiger partial charge is 0.314 e. The summed E-state index contributed by atoms with van der Waals surface area (Å²) >= 11 is 0. The van der Waals surface area contributed by atoms with Gasteiger partial charge in [-0.1, -0.05) is 45.0 Å². The van der Waals surface area contributed by atoms with Gasteiger partial charge in [-0.05, 0) is 6.92 Å². The average Bonchev–Trinajstić information content (AvgIpc) is 2.55. The third-order valence-corrected chi connectivity index (χ3v) is 3.28. The van der Waals surface area contributed by atoms with Gasteiger partial charge >= 0.3 is 5.69 Å². The van der Waals surface area contributed by atoms with E-state index >= 15 is 0 Å². The van der Waals surface area contributed by atoms with Crippen molar-refractivity contribution < 1.29 is 9.59 Å². The first kappa shape index (κ1) is 18.3. The molecule has 122 valence electrons. The molecule has 1 heterocycles. The van der Waals surface area contributed by atoms with Crippen LogP contribution in [0.2, 0.25) is 0 Å². The van der Waals surface area contributed by atoms with Crippen molar-refractivity contribution in [3.63, 3.8) is 0 Å². The van der Waals surface area contributed by atoms with Gasteiger partial charge in [0, 0.05) is 22.9 Å². The number of carbonyl (C=O) groups excluding carboxylic acids is 2. The predicted octanol–water partition coefficient (Wildman–Crippen LogP) is 2.28. The third-order valence-electron chi connectivity index (χ3n) is 3.28. The zero-order chi connectivity index (χ0) is 17.6. The summed E-state index contributed by atoms with van der Waals surface area (Å²) in [6.07, 6.45) is 1.22. The molecule has 0 saturated carbocycles. The standard InChI is InChI=1S/C15H14N2O4.C2H6/c1-8(12-7-16-15(21)17-14(12)20)13(19)11-6-4-3-5-10(11)9(2)18;1-2/h3-8H,1-2H3,(H2,16,17,20,21);1-2H3. The molecule has 6 heteroatoms. The van der Waals surface area contributed by atoms with Crippen LogP contribution < -0.4 is 11.2 Å². The molecule has 2 N–H and O–H groups in total. The van der Waals surface area contributed by atoms with Crippen molar-refractivity contribution in [3.05, 3.63) is 68.0 Å². The largest absolute Gasteiger partial charge is 0.325 e. The second kappa shape index (κ2) is 8.03. The number of rotatable bonds is 4. The van der Waals surface area contributed by atoms with Crippen molar-refractivity contribution in [2.75, 3.05) is 0 Å². The van der Waals surface area contributed by atoms with Crippen LogP contribution in [0.25, 0.3) is 0 Å². The molecule has 23 heavy (non-hydrogen) atoms. The van der Waals surface area contributed by atoms with E-state index in [0.29, 0.717) is 5.56 Å². The second-order valence-electron chi connectivity index (χ2n) is 4.71. The van der Waals surface area contributed by atoms with Crippen LogP contribution >= 0.6 is 0 Å². The molecule has 1 aromatic heterocycles. The van der Waals surface area contributed by atoms with Gasteiger partial charge < -0.3 is 4.98 Å². The average molecular weight is 316 g/mol. The van der Waals surface area contributed by atoms with Gasteiger partial charge in [-0.3, -0.25) is 19.4 Å². The van der Waals surface area contributed by atoms with Crippen LogP contribution in [0.1, 0.15) is 59.9 Å². The molecule has 1 unspecified atom stereocenters. The number of ketones is 2. The van der Waals surface area contributed by atoms with Crippen molar-refractivity contribution in [2.24, 2.45) is 0 Å². The molecule has 0 fully saturated rings. The van der Waals surface area contributed by atoms with Crippen molar-refractivity contribution >= 4 is 11.6 Å². The zero-order valence-corrected chi connectivity index (χ0v) is 13.6. The summed E-state index contributed by atoms with van der Waals surface area (Å²) in [4.78, 5) is 51.2. The summed E-state index contributed by atoms with van der Waals surface area (Å²) in [7, 11) is 0. The highest BCUT2D eigenvalue weighted by molar-refractivity contribution is 6.10. The van der Waals surface area contributed by atoms with Crippen LogP contribution in [-0.4, -0.2) is 21.5 Å². The maximum atomic E-state index is 12.5. The molecular weight excluding hydrogens is 296 g/mol. The zero-order valence-electron chi connectivity index (χ0n) is 13.6. The molecule has 1 atom stereocenters. The molecule has 2 aromatic rings. The first-order chi connectivity index (χ1) is 10.9. The summed E-state index contributed by atoms with van der Waals surface area (Å²) in [5.74, 6) is -1.34. The van der Waals surface area contributed by atoms with E-state index in [2.05, 4.69) is 9.97 Å². The minimum atomic E-state index is -0.772. The number of hydrogen-bond donors (Lipinski definition) is 2. The quantitative estimate of drug-likeness (QED) is 0.845. The summed E-state index contributed by atoms with van der Waals surface area (Å²) < 4.78 is 0. The van der Waals surface area contributed by atoms with Crippen molar-refractivity contribution in [3.8, 4) is 0 Å². The predicted molar refractivity (Wildman–Crippen MR) is 88.2 cm³/mol. The van der Waals surface area contributed by atoms with Gasteiger partial charge in [0.05, 0.1) is 5.92 Å². The van der Waals surface area contributed by atoms with Gasteiger partial charge in [0.15, 0.2) is 11.6 Å². The Balaban J connectivity index is 0.00000127. The molecule has 0 radical (unpaired) electrons. The van der Waals surface area contributed by atoms with Gasteiger partial charge in [0.1, 0.15) is 0 Å². The summed E-state index contributed by atoms with van der Waals surface area (Å²) in [5, 5.41) is 0. The maximum absolute atomic E-state index is 12.5. The van der Waals surface area contributed by atoms with Crippen LogP contribution in [0.3, 0.4) is 0 Å². The lowest BCUT2D eigenvalue weighted by molar-refractivity contribution is 0.0948. The molecule has 0 aliphatic rings. The van der Waals surface area contributed by atoms with Crippen LogP contribution in [0, 0.1) is 0 Å². The van der Waals surface area contributed by atoms with Gasteiger partial charge in [0.25, 0.3) is 5.56 Å². The lowest BCUT2D eigenvalue weighted by atomic mass is 9.90. The fourth-order valence-corrected chi connectivity index (χ4v) is 2.12. The van der Waals surface area contributed by atoms with Crippen LogP contribution in [0.15, 0.2) is 40.1 Å². The number of benzene rings is 1. The van der Waals surface area contributed by atoms with E-state index in [4.69, 9.17) is 0 Å². The van der Waals surface area contributed by atoms with Gasteiger partial charge in [0.2, 0.25) is 0 Å². The van der Waals surface area contributed by atoms with Crippen LogP contribution in [0.5, 0.6) is 0 Å². The normalized spacial score (nSPS) is 11.1. The Hall–Kier alpha value is -2.76. The van der Waals surface area contributed by atoms with E-state index in [0.717, 1.165) is 0 Å². The maximum Gasteiger partial charge on any atom is 0.325 e. The SMILES string of the molecule is CC.CC(=O)c1ccccc1C(=O)C(C)c1c[nH]c(=O)[nH]c1=O. The van der Waals surface area contributed by atoms with E-state index in [1.54, 1.807) is 31.2 Å². The van der Waals surface area contributed by atoms with Crippen LogP contribution in [0.4, 0.5) is 0 Å². The molecular formula is C17H20N2O4. The number of aromatic amines is 2. The van der Waals surface area contributed by atoms with Gasteiger partial charge in [-0.25, -0.2) is 4.79 Å². The Labute approximate surface area is 133 Å². The van der Waals surface area contributed by atoms with Gasteiger partial charge in [-0.2, -0.15) is 0 Å². The van der Waals surface area contributed by atoms with Gasteiger partial charge in [-0.15, -0.1) is 0 Å². The highest BCUT2D eigenvalue weighted by atomic mass is 16.2. The monoisotopic (exact) mass is 316 g/mol. The van der Waals surface area contributed by atoms with E-state index in [1.165, 1.54) is 13.1 Å². The molecule has 0 bridgehead atoms. The number of carbonyl (C=O) groups is 2. The van der Waals surface area contributed by atoms with E-state index in [1.807, 2.05) is 13.8 Å². The summed E-state index contributed by atoms with van der Waals surface area (Å²) in [5.41, 5.74) is -0.510. The molecule has 0 spiro atoms. The minimum absolute atomic E-state index is 0.151. The van der Waals surface area contributed by atoms with E-state index in [9.17, 15) is 19.2 Å². The summed E-state index contributed by atoms with van der Waals surface area (Å²) in [6.45, 7) is 6.94. The Morgan fingerprint density at radius 2 is 1.61 bits per heavy atom. The number of aromatic nitrogens is 2. The lowest BCUT2D eigenvalue weighted by Crippen LogP contribution is -2.28. The Bertz CT molecular complexity index is 818. The molecule has 2 rings (SSSR count). The topological polar surface area (TPSA) is 99.9 Å². The molecule has 6 nitrogen and oxygen atoms in total. The number of Topliss-reactive ketones (excluding diaryl/α,β-unsaturated/α-hetero) is 2. The van der Waals surface area contributed by atoms with E-state index in [-0.39, 0.29) is 22.7 Å². The number of hydrogen-bond acceptors (Lipinski definition) is 4. The minimum Gasteiger partial charge on any atom is -0.314 e.